The monoisotopic (exact) mass is 346 g/mol. The average Bonchev–Trinajstić information content (AvgIpc) is 3.05. The zero-order valence-electron chi connectivity index (χ0n) is 12.6. The third-order valence-electron chi connectivity index (χ3n) is 3.15. The molecule has 7 nitrogen and oxygen atoms in total. The highest BCUT2D eigenvalue weighted by Crippen LogP contribution is 2.25. The Bertz CT molecular complexity index is 807. The topological polar surface area (TPSA) is 107 Å². The highest BCUT2D eigenvalue weighted by molar-refractivity contribution is 6.30. The van der Waals surface area contributed by atoms with Crippen LogP contribution in [0.25, 0.3) is 11.4 Å². The molecule has 0 unspecified atom stereocenters. The van der Waals surface area contributed by atoms with Gasteiger partial charge in [-0.25, -0.2) is 4.98 Å². The van der Waals surface area contributed by atoms with Crippen molar-refractivity contribution in [2.24, 2.45) is 5.73 Å². The zero-order chi connectivity index (χ0) is 16.9. The van der Waals surface area contributed by atoms with E-state index in [4.69, 9.17) is 31.7 Å². The standard InChI is InChI=1S/C16H15ClN4O3/c17-11-4-5-14(19-8-11)23-13-3-1-2-10(6-13)16-20-15(24-21-16)7-12(18)9-22/h1-6,8,12,22H,7,9,18H2/t12-/m0/s1. The van der Waals surface area contributed by atoms with Gasteiger partial charge >= 0.3 is 0 Å². The van der Waals surface area contributed by atoms with Crippen molar-refractivity contribution in [3.8, 4) is 23.0 Å². The lowest BCUT2D eigenvalue weighted by molar-refractivity contribution is 0.254. The lowest BCUT2D eigenvalue weighted by Crippen LogP contribution is -2.26. The molecule has 24 heavy (non-hydrogen) atoms. The van der Waals surface area contributed by atoms with Gasteiger partial charge in [-0.05, 0) is 18.2 Å². The predicted molar refractivity (Wildman–Crippen MR) is 87.8 cm³/mol. The minimum absolute atomic E-state index is 0.144. The van der Waals surface area contributed by atoms with Crippen LogP contribution in [0.5, 0.6) is 11.6 Å². The van der Waals surface area contributed by atoms with Crippen LogP contribution >= 0.6 is 11.6 Å². The molecular formula is C16H15ClN4O3. The van der Waals surface area contributed by atoms with Gasteiger partial charge in [0, 0.05) is 30.3 Å². The van der Waals surface area contributed by atoms with Crippen LogP contribution in [0.3, 0.4) is 0 Å². The van der Waals surface area contributed by atoms with Crippen molar-refractivity contribution in [1.82, 2.24) is 15.1 Å². The van der Waals surface area contributed by atoms with Crippen molar-refractivity contribution in [1.29, 1.82) is 0 Å². The van der Waals surface area contributed by atoms with Gasteiger partial charge in [0.05, 0.1) is 11.6 Å². The SMILES string of the molecule is N[C@H](CO)Cc1nc(-c2cccc(Oc3ccc(Cl)cn3)c2)no1. The van der Waals surface area contributed by atoms with Crippen molar-refractivity contribution in [3.63, 3.8) is 0 Å². The molecule has 124 valence electrons. The van der Waals surface area contributed by atoms with E-state index < -0.39 is 6.04 Å². The fraction of sp³-hybridized carbons (Fsp3) is 0.188. The zero-order valence-corrected chi connectivity index (χ0v) is 13.3. The number of aliphatic hydroxyl groups excluding tert-OH is 1. The van der Waals surface area contributed by atoms with Crippen LogP contribution < -0.4 is 10.5 Å². The molecule has 0 aliphatic rings. The lowest BCUT2D eigenvalue weighted by atomic mass is 10.2. The molecule has 0 bridgehead atoms. The summed E-state index contributed by atoms with van der Waals surface area (Å²) in [6.07, 6.45) is 1.82. The Kier molecular flexibility index (Phi) is 5.05. The van der Waals surface area contributed by atoms with Crippen molar-refractivity contribution < 1.29 is 14.4 Å². The Hall–Kier alpha value is -2.48. The molecule has 0 saturated carbocycles. The van der Waals surface area contributed by atoms with Crippen molar-refractivity contribution in [2.75, 3.05) is 6.61 Å². The number of pyridine rings is 1. The van der Waals surface area contributed by atoms with Crippen LogP contribution in [0.2, 0.25) is 5.02 Å². The number of nitrogens with two attached hydrogens (primary N) is 1. The van der Waals surface area contributed by atoms with E-state index in [0.717, 1.165) is 5.56 Å². The molecule has 2 heterocycles. The number of nitrogens with zero attached hydrogens (tertiary/aromatic N) is 3. The largest absolute Gasteiger partial charge is 0.439 e. The number of benzene rings is 1. The second kappa shape index (κ2) is 7.39. The van der Waals surface area contributed by atoms with Crippen LogP contribution in [0.1, 0.15) is 5.89 Å². The van der Waals surface area contributed by atoms with Gasteiger partial charge in [0.25, 0.3) is 0 Å². The van der Waals surface area contributed by atoms with Gasteiger partial charge < -0.3 is 20.1 Å². The Morgan fingerprint density at radius 3 is 2.92 bits per heavy atom. The summed E-state index contributed by atoms with van der Waals surface area (Å²) in [4.78, 5) is 8.35. The van der Waals surface area contributed by atoms with Gasteiger partial charge in [-0.3, -0.25) is 0 Å². The Labute approximate surface area is 143 Å². The fourth-order valence-electron chi connectivity index (χ4n) is 1.99. The normalized spacial score (nSPS) is 12.1. The summed E-state index contributed by atoms with van der Waals surface area (Å²) < 4.78 is 10.8. The lowest BCUT2D eigenvalue weighted by Gasteiger charge is -2.05. The van der Waals surface area contributed by atoms with Gasteiger partial charge in [-0.2, -0.15) is 4.98 Å². The molecule has 2 aromatic heterocycles. The van der Waals surface area contributed by atoms with E-state index >= 15 is 0 Å². The Morgan fingerprint density at radius 2 is 2.17 bits per heavy atom. The summed E-state index contributed by atoms with van der Waals surface area (Å²) in [6.45, 7) is -0.144. The number of aromatic nitrogens is 3. The van der Waals surface area contributed by atoms with Crippen LogP contribution in [-0.2, 0) is 6.42 Å². The molecular weight excluding hydrogens is 332 g/mol. The van der Waals surface area contributed by atoms with E-state index in [1.165, 1.54) is 6.20 Å². The maximum Gasteiger partial charge on any atom is 0.228 e. The van der Waals surface area contributed by atoms with E-state index in [9.17, 15) is 0 Å². The van der Waals surface area contributed by atoms with Gasteiger partial charge in [-0.1, -0.05) is 28.9 Å². The number of halogens is 1. The predicted octanol–water partition coefficient (Wildman–Crippen LogP) is 2.44. The summed E-state index contributed by atoms with van der Waals surface area (Å²) in [5, 5.41) is 13.4. The van der Waals surface area contributed by atoms with Crippen molar-refractivity contribution in [3.05, 3.63) is 53.5 Å². The molecule has 0 fully saturated rings. The molecule has 1 aromatic carbocycles. The van der Waals surface area contributed by atoms with Crippen LogP contribution in [0.4, 0.5) is 0 Å². The van der Waals surface area contributed by atoms with Crippen molar-refractivity contribution in [2.45, 2.75) is 12.5 Å². The van der Waals surface area contributed by atoms with Crippen LogP contribution in [0.15, 0.2) is 47.1 Å². The summed E-state index contributed by atoms with van der Waals surface area (Å²) >= 11 is 5.80. The molecule has 0 saturated heterocycles. The Balaban J connectivity index is 1.76. The summed E-state index contributed by atoms with van der Waals surface area (Å²) in [6, 6.07) is 10.2. The van der Waals surface area contributed by atoms with Crippen molar-refractivity contribution >= 4 is 11.6 Å². The first kappa shape index (κ1) is 16.4. The van der Waals surface area contributed by atoms with E-state index in [1.54, 1.807) is 24.3 Å². The molecule has 0 amide bonds. The molecule has 3 rings (SSSR count). The van der Waals surface area contributed by atoms with Gasteiger partial charge in [-0.15, -0.1) is 0 Å². The van der Waals surface area contributed by atoms with E-state index in [0.29, 0.717) is 34.8 Å². The van der Waals surface area contributed by atoms with E-state index in [2.05, 4.69) is 15.1 Å². The summed E-state index contributed by atoms with van der Waals surface area (Å²) in [5.74, 6) is 1.81. The first-order valence-electron chi connectivity index (χ1n) is 7.23. The number of hydrogen-bond donors (Lipinski definition) is 2. The molecule has 8 heteroatoms. The highest BCUT2D eigenvalue weighted by atomic mass is 35.5. The maximum atomic E-state index is 8.97. The second-order valence-corrected chi connectivity index (χ2v) is 5.54. The van der Waals surface area contributed by atoms with Gasteiger partial charge in [0.1, 0.15) is 5.75 Å². The van der Waals surface area contributed by atoms with Crippen LogP contribution in [0, 0.1) is 0 Å². The summed E-state index contributed by atoms with van der Waals surface area (Å²) in [7, 11) is 0. The number of ether oxygens (including phenoxy) is 1. The quantitative estimate of drug-likeness (QED) is 0.705. The minimum Gasteiger partial charge on any atom is -0.439 e. The van der Waals surface area contributed by atoms with Crippen LogP contribution in [-0.4, -0.2) is 32.9 Å². The van der Waals surface area contributed by atoms with Gasteiger partial charge in [0.2, 0.25) is 17.6 Å². The third-order valence-corrected chi connectivity index (χ3v) is 3.38. The molecule has 0 aliphatic heterocycles. The second-order valence-electron chi connectivity index (χ2n) is 5.10. The smallest absolute Gasteiger partial charge is 0.228 e. The van der Waals surface area contributed by atoms with E-state index in [1.807, 2.05) is 12.1 Å². The molecule has 0 radical (unpaired) electrons. The number of aliphatic hydroxyl groups is 1. The minimum atomic E-state index is -0.427. The third kappa shape index (κ3) is 4.08. The molecule has 0 spiro atoms. The summed E-state index contributed by atoms with van der Waals surface area (Å²) in [5.41, 5.74) is 6.39. The molecule has 1 atom stereocenters. The van der Waals surface area contributed by atoms with Gasteiger partial charge in [0.15, 0.2) is 0 Å². The molecule has 0 aliphatic carbocycles. The maximum absolute atomic E-state index is 8.97. The average molecular weight is 347 g/mol. The number of rotatable bonds is 6. The fourth-order valence-corrected chi connectivity index (χ4v) is 2.10. The number of hydrogen-bond acceptors (Lipinski definition) is 7. The Morgan fingerprint density at radius 1 is 1.29 bits per heavy atom. The first-order chi connectivity index (χ1) is 11.6. The van der Waals surface area contributed by atoms with E-state index in [-0.39, 0.29) is 6.61 Å². The first-order valence-corrected chi connectivity index (χ1v) is 7.60. The molecule has 3 aromatic rings. The molecule has 3 N–H and O–H groups in total. The highest BCUT2D eigenvalue weighted by Gasteiger charge is 2.12.